The molecule has 32 heavy (non-hydrogen) atoms. The number of amides is 2. The van der Waals surface area contributed by atoms with Gasteiger partial charge in [0, 0.05) is 30.0 Å². The molecule has 1 saturated carbocycles. The summed E-state index contributed by atoms with van der Waals surface area (Å²) in [5.41, 5.74) is 0.0407. The Morgan fingerprint density at radius 1 is 1.19 bits per heavy atom. The van der Waals surface area contributed by atoms with Crippen molar-refractivity contribution in [1.29, 1.82) is 0 Å². The van der Waals surface area contributed by atoms with Crippen LogP contribution in [0, 0.1) is 5.82 Å². The lowest BCUT2D eigenvalue weighted by atomic mass is 9.91. The second-order valence-electron chi connectivity index (χ2n) is 7.70. The number of aliphatic hydroxyl groups is 1. The summed E-state index contributed by atoms with van der Waals surface area (Å²) in [7, 11) is 0. The molecule has 0 unspecified atom stereocenters. The highest BCUT2D eigenvalue weighted by Gasteiger charge is 2.25. The first-order valence-electron chi connectivity index (χ1n) is 10.7. The molecule has 1 aliphatic rings. The van der Waals surface area contributed by atoms with Gasteiger partial charge >= 0.3 is 0 Å². The van der Waals surface area contributed by atoms with Gasteiger partial charge in [-0.1, -0.05) is 6.07 Å². The van der Waals surface area contributed by atoms with Crippen molar-refractivity contribution in [3.8, 4) is 11.6 Å². The number of nitrogens with zero attached hydrogens (tertiary/aromatic N) is 1. The number of nitrogens with one attached hydrogen (secondary N) is 2. The summed E-state index contributed by atoms with van der Waals surface area (Å²) < 4.78 is 19.6. The van der Waals surface area contributed by atoms with Gasteiger partial charge in [-0.05, 0) is 62.6 Å². The highest BCUT2D eigenvalue weighted by molar-refractivity contribution is 7.98. The van der Waals surface area contributed by atoms with Crippen molar-refractivity contribution in [2.24, 2.45) is 0 Å². The molecule has 0 aliphatic heterocycles. The Morgan fingerprint density at radius 3 is 2.59 bits per heavy atom. The van der Waals surface area contributed by atoms with Crippen LogP contribution in [0.15, 0.2) is 41.4 Å². The smallest absolute Gasteiger partial charge is 0.257 e. The fourth-order valence-corrected chi connectivity index (χ4v) is 4.08. The van der Waals surface area contributed by atoms with Gasteiger partial charge < -0.3 is 20.5 Å². The summed E-state index contributed by atoms with van der Waals surface area (Å²) in [4.78, 5) is 29.7. The van der Waals surface area contributed by atoms with Crippen LogP contribution in [0.3, 0.4) is 0 Å². The van der Waals surface area contributed by atoms with Crippen molar-refractivity contribution >= 4 is 23.6 Å². The topological polar surface area (TPSA) is 101 Å². The van der Waals surface area contributed by atoms with Crippen molar-refractivity contribution in [3.05, 3.63) is 47.9 Å². The Balaban J connectivity index is 1.59. The second-order valence-corrected chi connectivity index (χ2v) is 8.58. The number of carbonyl (C=O) groups excluding carboxylic acids is 2. The number of pyridine rings is 1. The average Bonchev–Trinajstić information content (AvgIpc) is 2.80. The Morgan fingerprint density at radius 2 is 1.91 bits per heavy atom. The second kappa shape index (κ2) is 11.8. The molecule has 2 aromatic rings. The Kier molecular flexibility index (Phi) is 8.87. The van der Waals surface area contributed by atoms with Crippen LogP contribution < -0.4 is 15.4 Å². The number of hydrogen-bond acceptors (Lipinski definition) is 6. The summed E-state index contributed by atoms with van der Waals surface area (Å²) in [6, 6.07) is 8.47. The highest BCUT2D eigenvalue weighted by Crippen LogP contribution is 2.27. The van der Waals surface area contributed by atoms with Crippen molar-refractivity contribution < 1.29 is 23.8 Å². The van der Waals surface area contributed by atoms with Crippen molar-refractivity contribution in [3.63, 3.8) is 0 Å². The van der Waals surface area contributed by atoms with Gasteiger partial charge in [0.2, 0.25) is 11.8 Å². The molecule has 1 aromatic carbocycles. The fourth-order valence-electron chi connectivity index (χ4n) is 3.63. The van der Waals surface area contributed by atoms with Crippen LogP contribution in [0.25, 0.3) is 0 Å². The zero-order valence-electron chi connectivity index (χ0n) is 18.0. The molecule has 172 valence electrons. The lowest BCUT2D eigenvalue weighted by molar-refractivity contribution is -0.122. The van der Waals surface area contributed by atoms with E-state index in [1.54, 1.807) is 17.8 Å². The number of halogens is 1. The largest absolute Gasteiger partial charge is 0.438 e. The van der Waals surface area contributed by atoms with Crippen molar-refractivity contribution in [2.45, 2.75) is 55.5 Å². The van der Waals surface area contributed by atoms with Crippen LogP contribution in [-0.4, -0.2) is 46.9 Å². The molecule has 1 aromatic heterocycles. The van der Waals surface area contributed by atoms with Gasteiger partial charge in [-0.3, -0.25) is 9.59 Å². The monoisotopic (exact) mass is 461 g/mol. The maximum Gasteiger partial charge on any atom is 0.257 e. The summed E-state index contributed by atoms with van der Waals surface area (Å²) >= 11 is 1.56. The molecule has 0 bridgehead atoms. The summed E-state index contributed by atoms with van der Waals surface area (Å²) in [5.74, 6) is -0.558. The van der Waals surface area contributed by atoms with Gasteiger partial charge in [0.05, 0.1) is 6.20 Å². The standard InChI is InChI=1S/C23H28FN3O4S/c1-32-19-5-2-4-18(13-19)31-23-20(12-15(24)14-25-23)22(30)27-17-9-7-16(8-10-17)26-21(29)6-3-11-28/h2,4-5,12-14,16-17,28H,3,6-11H2,1H3,(H,26,29)(H,27,30)/t16-,17+. The van der Waals surface area contributed by atoms with Gasteiger partial charge in [-0.25, -0.2) is 9.37 Å². The molecule has 1 heterocycles. The summed E-state index contributed by atoms with van der Waals surface area (Å²) in [6.07, 6.45) is 6.60. The average molecular weight is 462 g/mol. The van der Waals surface area contributed by atoms with E-state index in [1.807, 2.05) is 24.5 Å². The van der Waals surface area contributed by atoms with Crippen molar-refractivity contribution in [2.75, 3.05) is 12.9 Å². The molecule has 1 aliphatic carbocycles. The zero-order valence-corrected chi connectivity index (χ0v) is 18.8. The van der Waals surface area contributed by atoms with Gasteiger partial charge in [-0.2, -0.15) is 0 Å². The molecule has 1 fully saturated rings. The predicted octanol–water partition coefficient (Wildman–Crippen LogP) is 3.66. The first kappa shape index (κ1) is 24.0. The fraction of sp³-hybridized carbons (Fsp3) is 0.435. The molecule has 9 heteroatoms. The van der Waals surface area contributed by atoms with Crippen molar-refractivity contribution in [1.82, 2.24) is 15.6 Å². The molecular formula is C23H28FN3O4S. The van der Waals surface area contributed by atoms with Crippen LogP contribution >= 0.6 is 11.8 Å². The molecule has 3 rings (SSSR count). The highest BCUT2D eigenvalue weighted by atomic mass is 32.2. The van der Waals surface area contributed by atoms with Crippen LogP contribution in [0.5, 0.6) is 11.6 Å². The Labute approximate surface area is 191 Å². The van der Waals surface area contributed by atoms with Gasteiger partial charge in [-0.15, -0.1) is 11.8 Å². The number of aliphatic hydroxyl groups excluding tert-OH is 1. The van der Waals surface area contributed by atoms with Crippen LogP contribution in [0.1, 0.15) is 48.9 Å². The molecule has 0 radical (unpaired) electrons. The molecule has 0 saturated heterocycles. The number of rotatable bonds is 9. The Bertz CT molecular complexity index is 935. The summed E-state index contributed by atoms with van der Waals surface area (Å²) in [5, 5.41) is 14.7. The molecule has 3 N–H and O–H groups in total. The van der Waals surface area contributed by atoms with E-state index in [0.717, 1.165) is 30.0 Å². The van der Waals surface area contributed by atoms with Crippen LogP contribution in [0.2, 0.25) is 0 Å². The number of benzene rings is 1. The van der Waals surface area contributed by atoms with E-state index in [0.29, 0.717) is 31.4 Å². The van der Waals surface area contributed by atoms with E-state index in [2.05, 4.69) is 15.6 Å². The first-order valence-corrected chi connectivity index (χ1v) is 11.9. The summed E-state index contributed by atoms with van der Waals surface area (Å²) in [6.45, 7) is -0.00413. The third kappa shape index (κ3) is 6.93. The molecule has 0 spiro atoms. The van der Waals surface area contributed by atoms with Gasteiger partial charge in [0.1, 0.15) is 17.1 Å². The third-order valence-electron chi connectivity index (χ3n) is 5.31. The number of carbonyl (C=O) groups is 2. The molecular weight excluding hydrogens is 433 g/mol. The first-order chi connectivity index (χ1) is 15.5. The number of hydrogen-bond donors (Lipinski definition) is 3. The zero-order chi connectivity index (χ0) is 22.9. The van der Waals surface area contributed by atoms with Crippen LogP contribution in [0.4, 0.5) is 4.39 Å². The minimum Gasteiger partial charge on any atom is -0.438 e. The molecule has 2 amide bonds. The lowest BCUT2D eigenvalue weighted by Crippen LogP contribution is -2.43. The van der Waals surface area contributed by atoms with E-state index in [1.165, 1.54) is 0 Å². The number of aromatic nitrogens is 1. The molecule has 7 nitrogen and oxygen atoms in total. The minimum absolute atomic E-state index is 0.00413. The Hall–Kier alpha value is -2.65. The SMILES string of the molecule is CSc1cccc(Oc2ncc(F)cc2C(=O)N[C@H]2CC[C@@H](NC(=O)CCCO)CC2)c1. The lowest BCUT2D eigenvalue weighted by Gasteiger charge is -2.29. The normalized spacial score (nSPS) is 18.1. The van der Waals surface area contributed by atoms with E-state index >= 15 is 0 Å². The van der Waals surface area contributed by atoms with Crippen LogP contribution in [-0.2, 0) is 4.79 Å². The third-order valence-corrected chi connectivity index (χ3v) is 6.03. The number of ether oxygens (including phenoxy) is 1. The van der Waals surface area contributed by atoms with Gasteiger partial charge in [0.15, 0.2) is 0 Å². The minimum atomic E-state index is -0.616. The molecule has 0 atom stereocenters. The van der Waals surface area contributed by atoms with E-state index < -0.39 is 11.7 Å². The maximum absolute atomic E-state index is 13.8. The van der Waals surface area contributed by atoms with E-state index in [-0.39, 0.29) is 36.0 Å². The number of thioether (sulfide) groups is 1. The maximum atomic E-state index is 13.8. The quantitative estimate of drug-likeness (QED) is 0.493. The van der Waals surface area contributed by atoms with E-state index in [9.17, 15) is 14.0 Å². The van der Waals surface area contributed by atoms with E-state index in [4.69, 9.17) is 9.84 Å². The van der Waals surface area contributed by atoms with Gasteiger partial charge in [0.25, 0.3) is 5.91 Å². The predicted molar refractivity (Wildman–Crippen MR) is 120 cm³/mol.